The summed E-state index contributed by atoms with van der Waals surface area (Å²) in [6.45, 7) is 6.16. The van der Waals surface area contributed by atoms with Gasteiger partial charge < -0.3 is 24.5 Å². The first-order valence-corrected chi connectivity index (χ1v) is 14.6. The highest BCUT2D eigenvalue weighted by Gasteiger charge is 2.17. The van der Waals surface area contributed by atoms with Crippen molar-refractivity contribution in [2.45, 2.75) is 19.8 Å². The highest BCUT2D eigenvalue weighted by molar-refractivity contribution is 6.30. The third-order valence-corrected chi connectivity index (χ3v) is 7.71. The molecule has 0 spiro atoms. The maximum absolute atomic E-state index is 13.3. The van der Waals surface area contributed by atoms with E-state index in [1.54, 1.807) is 36.4 Å². The van der Waals surface area contributed by atoms with Gasteiger partial charge in [0.25, 0.3) is 11.5 Å². The number of aromatic amines is 1. The lowest BCUT2D eigenvalue weighted by molar-refractivity contribution is 0.0321. The van der Waals surface area contributed by atoms with Crippen LogP contribution in [0.15, 0.2) is 65.5 Å². The molecule has 1 aliphatic rings. The van der Waals surface area contributed by atoms with Gasteiger partial charge in [0.1, 0.15) is 12.2 Å². The van der Waals surface area contributed by atoms with Gasteiger partial charge in [0, 0.05) is 53.8 Å². The third-order valence-electron chi connectivity index (χ3n) is 7.48. The number of anilines is 1. The van der Waals surface area contributed by atoms with Gasteiger partial charge in [-0.1, -0.05) is 35.9 Å². The van der Waals surface area contributed by atoms with Crippen LogP contribution >= 0.6 is 11.6 Å². The van der Waals surface area contributed by atoms with Crippen LogP contribution in [0.3, 0.4) is 0 Å². The Labute approximate surface area is 254 Å². The molecule has 224 valence electrons. The minimum absolute atomic E-state index is 0.0610. The molecular weight excluding hydrogens is 570 g/mol. The zero-order valence-corrected chi connectivity index (χ0v) is 25.0. The molecule has 43 heavy (non-hydrogen) atoms. The Morgan fingerprint density at radius 1 is 1.05 bits per heavy atom. The topological polar surface area (TPSA) is 110 Å². The minimum Gasteiger partial charge on any atom is -0.493 e. The van der Waals surface area contributed by atoms with E-state index < -0.39 is 11.5 Å². The van der Waals surface area contributed by atoms with E-state index in [2.05, 4.69) is 15.2 Å². The Morgan fingerprint density at radius 3 is 2.63 bits per heavy atom. The van der Waals surface area contributed by atoms with Crippen LogP contribution in [0.25, 0.3) is 10.9 Å². The lowest BCUT2D eigenvalue weighted by atomic mass is 10.0. The van der Waals surface area contributed by atoms with Gasteiger partial charge in [0.15, 0.2) is 17.3 Å². The van der Waals surface area contributed by atoms with E-state index in [1.807, 2.05) is 25.1 Å². The molecule has 3 aromatic carbocycles. The number of methoxy groups -OCH3 is 1. The number of ether oxygens (including phenoxy) is 3. The van der Waals surface area contributed by atoms with E-state index in [9.17, 15) is 14.4 Å². The summed E-state index contributed by atoms with van der Waals surface area (Å²) in [7, 11) is 1.54. The fraction of sp³-hybridized carbons (Fsp3) is 0.303. The average Bonchev–Trinajstić information content (AvgIpc) is 3.01. The molecule has 5 rings (SSSR count). The van der Waals surface area contributed by atoms with Crippen LogP contribution in [0.1, 0.15) is 38.3 Å². The van der Waals surface area contributed by atoms with Crippen LogP contribution in [-0.2, 0) is 11.2 Å². The fourth-order valence-electron chi connectivity index (χ4n) is 4.98. The number of rotatable bonds is 11. The first-order chi connectivity index (χ1) is 20.8. The van der Waals surface area contributed by atoms with Gasteiger partial charge in [-0.25, -0.2) is 0 Å². The lowest BCUT2D eigenvalue weighted by Crippen LogP contribution is -2.38. The number of carbonyl (C=O) groups is 2. The SMILES string of the molecule is COc1cc2[nH]c(=O)c(C(=O)Nc3cc(C(=O)CCc4cccc(Cl)c4)ccc3C)cc2cc1OCCN1CCOCC1. The first-order valence-electron chi connectivity index (χ1n) is 14.2. The number of nitrogens with zero attached hydrogens (tertiary/aromatic N) is 1. The van der Waals surface area contributed by atoms with Crippen LogP contribution in [0.5, 0.6) is 11.5 Å². The normalized spacial score (nSPS) is 13.6. The quantitative estimate of drug-likeness (QED) is 0.225. The summed E-state index contributed by atoms with van der Waals surface area (Å²) < 4.78 is 16.9. The number of nitrogens with one attached hydrogen (secondary N) is 2. The number of hydrogen-bond acceptors (Lipinski definition) is 7. The van der Waals surface area contributed by atoms with Crippen molar-refractivity contribution in [1.29, 1.82) is 0 Å². The molecule has 0 atom stereocenters. The van der Waals surface area contributed by atoms with Crippen molar-refractivity contribution in [1.82, 2.24) is 9.88 Å². The van der Waals surface area contributed by atoms with Gasteiger partial charge in [0.2, 0.25) is 0 Å². The van der Waals surface area contributed by atoms with Gasteiger partial charge >= 0.3 is 0 Å². The molecule has 1 aliphatic heterocycles. The summed E-state index contributed by atoms with van der Waals surface area (Å²) in [6, 6.07) is 17.6. The number of aryl methyl sites for hydroxylation is 2. The number of H-pyrrole nitrogens is 1. The zero-order chi connectivity index (χ0) is 30.3. The maximum atomic E-state index is 13.3. The molecule has 1 aromatic heterocycles. The summed E-state index contributed by atoms with van der Waals surface area (Å²) in [5.41, 5.74) is 2.58. The van der Waals surface area contributed by atoms with Crippen LogP contribution in [-0.4, -0.2) is 68.1 Å². The van der Waals surface area contributed by atoms with Crippen molar-refractivity contribution in [3.8, 4) is 11.5 Å². The summed E-state index contributed by atoms with van der Waals surface area (Å²) in [5, 5.41) is 4.06. The number of benzene rings is 3. The second-order valence-corrected chi connectivity index (χ2v) is 10.9. The minimum atomic E-state index is -0.583. The Bertz CT molecular complexity index is 1700. The number of fused-ring (bicyclic) bond motifs is 1. The number of hydrogen-bond donors (Lipinski definition) is 2. The second kappa shape index (κ2) is 13.9. The Balaban J connectivity index is 1.31. The van der Waals surface area contributed by atoms with Crippen molar-refractivity contribution in [3.05, 3.63) is 98.3 Å². The molecule has 10 heteroatoms. The molecule has 2 N–H and O–H groups in total. The largest absolute Gasteiger partial charge is 0.493 e. The molecule has 1 amide bonds. The Hall–Kier alpha value is -4.18. The Kier molecular flexibility index (Phi) is 9.76. The van der Waals surface area contributed by atoms with E-state index >= 15 is 0 Å². The molecule has 0 radical (unpaired) electrons. The highest BCUT2D eigenvalue weighted by atomic mass is 35.5. The number of morpholine rings is 1. The molecule has 2 heterocycles. The van der Waals surface area contributed by atoms with Gasteiger partial charge in [-0.3, -0.25) is 19.3 Å². The molecule has 9 nitrogen and oxygen atoms in total. The standard InChI is InChI=1S/C33H34ClN3O6/c1-21-6-8-23(29(38)9-7-22-4-3-5-25(34)16-22)18-27(21)35-32(39)26-17-24-19-31(30(41-2)20-28(24)36-33(26)40)43-15-12-37-10-13-42-14-11-37/h3-6,8,16-20H,7,9-15H2,1-2H3,(H,35,39)(H,36,40). The summed E-state index contributed by atoms with van der Waals surface area (Å²) in [4.78, 5) is 44.2. The van der Waals surface area contributed by atoms with E-state index in [0.717, 1.165) is 30.8 Å². The number of halogens is 1. The molecule has 0 saturated carbocycles. The van der Waals surface area contributed by atoms with Crippen LogP contribution < -0.4 is 20.3 Å². The second-order valence-electron chi connectivity index (χ2n) is 10.4. The molecule has 1 fully saturated rings. The highest BCUT2D eigenvalue weighted by Crippen LogP contribution is 2.32. The average molecular weight is 604 g/mol. The third kappa shape index (κ3) is 7.62. The molecule has 0 aliphatic carbocycles. The summed E-state index contributed by atoms with van der Waals surface area (Å²) >= 11 is 6.06. The van der Waals surface area contributed by atoms with Crippen molar-refractivity contribution in [2.75, 3.05) is 51.9 Å². The van der Waals surface area contributed by atoms with E-state index in [-0.39, 0.29) is 11.3 Å². The first kappa shape index (κ1) is 30.3. The van der Waals surface area contributed by atoms with E-state index in [4.69, 9.17) is 25.8 Å². The van der Waals surface area contributed by atoms with Crippen LogP contribution in [0.2, 0.25) is 5.02 Å². The summed E-state index contributed by atoms with van der Waals surface area (Å²) in [5.74, 6) is 0.353. The van der Waals surface area contributed by atoms with E-state index in [0.29, 0.717) is 71.3 Å². The predicted molar refractivity (Wildman–Crippen MR) is 167 cm³/mol. The Morgan fingerprint density at radius 2 is 1.86 bits per heavy atom. The van der Waals surface area contributed by atoms with Gasteiger partial charge in [-0.05, 0) is 54.8 Å². The monoisotopic (exact) mass is 603 g/mol. The smallest absolute Gasteiger partial charge is 0.261 e. The van der Waals surface area contributed by atoms with Crippen molar-refractivity contribution >= 4 is 39.9 Å². The van der Waals surface area contributed by atoms with E-state index in [1.165, 1.54) is 13.2 Å². The van der Waals surface area contributed by atoms with Crippen molar-refractivity contribution in [2.24, 2.45) is 0 Å². The van der Waals surface area contributed by atoms with Gasteiger partial charge in [-0.15, -0.1) is 0 Å². The van der Waals surface area contributed by atoms with Crippen LogP contribution in [0, 0.1) is 6.92 Å². The summed E-state index contributed by atoms with van der Waals surface area (Å²) in [6.07, 6.45) is 0.840. The van der Waals surface area contributed by atoms with Crippen molar-refractivity contribution in [3.63, 3.8) is 0 Å². The number of pyridine rings is 1. The lowest BCUT2D eigenvalue weighted by Gasteiger charge is -2.26. The maximum Gasteiger partial charge on any atom is 0.261 e. The number of carbonyl (C=O) groups excluding carboxylic acids is 2. The molecular formula is C33H34ClN3O6. The molecule has 0 unspecified atom stereocenters. The number of Topliss-reactive ketones (excluding diaryl/α,β-unsaturated/α-hetero) is 1. The molecule has 0 bridgehead atoms. The fourth-order valence-corrected chi connectivity index (χ4v) is 5.19. The number of ketones is 1. The van der Waals surface area contributed by atoms with Crippen molar-refractivity contribution < 1.29 is 23.8 Å². The zero-order valence-electron chi connectivity index (χ0n) is 24.2. The number of amides is 1. The molecule has 1 saturated heterocycles. The van der Waals surface area contributed by atoms with Gasteiger partial charge in [0.05, 0.1) is 25.8 Å². The predicted octanol–water partition coefficient (Wildman–Crippen LogP) is 5.28. The van der Waals surface area contributed by atoms with Gasteiger partial charge in [-0.2, -0.15) is 0 Å². The van der Waals surface area contributed by atoms with Crippen LogP contribution in [0.4, 0.5) is 5.69 Å². The number of aromatic nitrogens is 1. The molecule has 4 aromatic rings.